The first-order valence-corrected chi connectivity index (χ1v) is 7.53. The lowest BCUT2D eigenvalue weighted by Crippen LogP contribution is -2.35. The molecule has 0 spiro atoms. The molecule has 2 atom stereocenters. The fourth-order valence-corrected chi connectivity index (χ4v) is 2.57. The van der Waals surface area contributed by atoms with Crippen LogP contribution in [0.4, 0.5) is 4.79 Å². The van der Waals surface area contributed by atoms with Crippen LogP contribution in [0.5, 0.6) is 0 Å². The van der Waals surface area contributed by atoms with Crippen molar-refractivity contribution in [3.05, 3.63) is 18.0 Å². The smallest absolute Gasteiger partial charge is 0.410 e. The molecule has 1 aromatic rings. The molecule has 2 N–H and O–H groups in total. The fraction of sp³-hybridized carbons (Fsp3) is 0.733. The van der Waals surface area contributed by atoms with Crippen molar-refractivity contribution in [2.24, 2.45) is 5.73 Å². The number of nitrogens with zero attached hydrogens (tertiary/aromatic N) is 3. The number of hydrogen-bond acceptors (Lipinski definition) is 4. The van der Waals surface area contributed by atoms with Gasteiger partial charge >= 0.3 is 6.09 Å². The maximum atomic E-state index is 12.1. The maximum absolute atomic E-state index is 12.1. The number of carbonyl (C=O) groups excluding carboxylic acids is 1. The largest absolute Gasteiger partial charge is 0.444 e. The standard InChI is InChI=1S/C15H26N4O2/c1-11(9-16)13-5-7-17-19(13)12-6-8-18(10-12)14(20)21-15(2,3)4/h5,7,11-12H,6,8-10,16H2,1-4H3. The van der Waals surface area contributed by atoms with Crippen LogP contribution in [0.25, 0.3) is 0 Å². The number of amides is 1. The zero-order valence-corrected chi connectivity index (χ0v) is 13.4. The van der Waals surface area contributed by atoms with Gasteiger partial charge in [-0.25, -0.2) is 4.79 Å². The summed E-state index contributed by atoms with van der Waals surface area (Å²) in [4.78, 5) is 13.9. The molecule has 1 aliphatic rings. The summed E-state index contributed by atoms with van der Waals surface area (Å²) in [6, 6.07) is 2.21. The molecule has 6 nitrogen and oxygen atoms in total. The van der Waals surface area contributed by atoms with E-state index in [1.807, 2.05) is 31.5 Å². The molecular weight excluding hydrogens is 268 g/mol. The third kappa shape index (κ3) is 3.75. The number of hydrogen-bond donors (Lipinski definition) is 1. The highest BCUT2D eigenvalue weighted by Crippen LogP contribution is 2.26. The van der Waals surface area contributed by atoms with E-state index in [0.717, 1.165) is 12.1 Å². The number of nitrogens with two attached hydrogens (primary N) is 1. The number of likely N-dealkylation sites (tertiary alicyclic amines) is 1. The third-order valence-corrected chi connectivity index (χ3v) is 3.72. The summed E-state index contributed by atoms with van der Waals surface area (Å²) in [6.07, 6.45) is 2.45. The van der Waals surface area contributed by atoms with Crippen LogP contribution in [0.3, 0.4) is 0 Å². The minimum atomic E-state index is -0.458. The van der Waals surface area contributed by atoms with Gasteiger partial charge in [0.1, 0.15) is 5.60 Å². The van der Waals surface area contributed by atoms with Gasteiger partial charge in [0.15, 0.2) is 0 Å². The Bertz CT molecular complexity index is 492. The Balaban J connectivity index is 2.03. The number of aromatic nitrogens is 2. The zero-order valence-electron chi connectivity index (χ0n) is 13.4. The number of carbonyl (C=O) groups is 1. The molecule has 6 heteroatoms. The Morgan fingerprint density at radius 3 is 2.90 bits per heavy atom. The topological polar surface area (TPSA) is 73.4 Å². The van der Waals surface area contributed by atoms with Gasteiger partial charge in [0.2, 0.25) is 0 Å². The molecule has 1 fully saturated rings. The molecule has 1 aromatic heterocycles. The second-order valence-electron chi connectivity index (χ2n) is 6.71. The van der Waals surface area contributed by atoms with Gasteiger partial charge in [-0.3, -0.25) is 4.68 Å². The van der Waals surface area contributed by atoms with Crippen molar-refractivity contribution in [2.45, 2.75) is 51.7 Å². The van der Waals surface area contributed by atoms with Gasteiger partial charge in [-0.2, -0.15) is 5.10 Å². The minimum absolute atomic E-state index is 0.205. The summed E-state index contributed by atoms with van der Waals surface area (Å²) in [5.41, 5.74) is 6.42. The number of rotatable bonds is 3. The zero-order chi connectivity index (χ0) is 15.6. The molecule has 2 unspecified atom stereocenters. The van der Waals surface area contributed by atoms with Crippen molar-refractivity contribution in [1.82, 2.24) is 14.7 Å². The van der Waals surface area contributed by atoms with Gasteiger partial charge in [-0.15, -0.1) is 0 Å². The first kappa shape index (κ1) is 15.8. The summed E-state index contributed by atoms with van der Waals surface area (Å²) in [7, 11) is 0. The Hall–Kier alpha value is -1.56. The molecule has 2 rings (SSSR count). The van der Waals surface area contributed by atoms with Gasteiger partial charge in [0.05, 0.1) is 6.04 Å². The Kier molecular flexibility index (Phi) is 4.56. The molecule has 1 amide bonds. The first-order chi connectivity index (χ1) is 9.81. The van der Waals surface area contributed by atoms with E-state index in [0.29, 0.717) is 19.6 Å². The predicted molar refractivity (Wildman–Crippen MR) is 81.2 cm³/mol. The van der Waals surface area contributed by atoms with Gasteiger partial charge in [0.25, 0.3) is 0 Å². The van der Waals surface area contributed by atoms with Crippen molar-refractivity contribution in [3.63, 3.8) is 0 Å². The second-order valence-corrected chi connectivity index (χ2v) is 6.71. The van der Waals surface area contributed by atoms with Gasteiger partial charge < -0.3 is 15.4 Å². The average molecular weight is 294 g/mol. The van der Waals surface area contributed by atoms with Crippen molar-refractivity contribution in [3.8, 4) is 0 Å². The monoisotopic (exact) mass is 294 g/mol. The first-order valence-electron chi connectivity index (χ1n) is 7.53. The summed E-state index contributed by atoms with van der Waals surface area (Å²) < 4.78 is 7.44. The van der Waals surface area contributed by atoms with Crippen LogP contribution in [0.1, 0.15) is 51.8 Å². The molecule has 1 aliphatic heterocycles. The summed E-state index contributed by atoms with van der Waals surface area (Å²) in [6.45, 7) is 9.67. The van der Waals surface area contributed by atoms with Crippen LogP contribution in [0.15, 0.2) is 12.3 Å². The molecule has 0 aromatic carbocycles. The van der Waals surface area contributed by atoms with Crippen LogP contribution in [0.2, 0.25) is 0 Å². The van der Waals surface area contributed by atoms with Crippen LogP contribution < -0.4 is 5.73 Å². The fourth-order valence-electron chi connectivity index (χ4n) is 2.57. The molecule has 1 saturated heterocycles. The van der Waals surface area contributed by atoms with E-state index in [2.05, 4.69) is 12.0 Å². The molecular formula is C15H26N4O2. The van der Waals surface area contributed by atoms with Crippen LogP contribution in [-0.4, -0.2) is 46.0 Å². The van der Waals surface area contributed by atoms with Crippen molar-refractivity contribution < 1.29 is 9.53 Å². The molecule has 21 heavy (non-hydrogen) atoms. The summed E-state index contributed by atoms with van der Waals surface area (Å²) >= 11 is 0. The summed E-state index contributed by atoms with van der Waals surface area (Å²) in [5, 5.41) is 4.42. The van der Waals surface area contributed by atoms with Crippen molar-refractivity contribution in [2.75, 3.05) is 19.6 Å². The third-order valence-electron chi connectivity index (χ3n) is 3.72. The van der Waals surface area contributed by atoms with Crippen molar-refractivity contribution >= 4 is 6.09 Å². The Morgan fingerprint density at radius 2 is 2.29 bits per heavy atom. The molecule has 118 valence electrons. The molecule has 2 heterocycles. The molecule has 0 bridgehead atoms. The summed E-state index contributed by atoms with van der Waals surface area (Å²) in [5.74, 6) is 0.267. The molecule has 0 saturated carbocycles. The van der Waals surface area contributed by atoms with E-state index in [9.17, 15) is 4.79 Å². The van der Waals surface area contributed by atoms with Gasteiger partial charge in [0, 0.05) is 37.4 Å². The highest BCUT2D eigenvalue weighted by Gasteiger charge is 2.32. The highest BCUT2D eigenvalue weighted by atomic mass is 16.6. The van der Waals surface area contributed by atoms with E-state index in [1.165, 1.54) is 0 Å². The van der Waals surface area contributed by atoms with E-state index in [-0.39, 0.29) is 18.1 Å². The van der Waals surface area contributed by atoms with Gasteiger partial charge in [-0.05, 0) is 33.3 Å². The highest BCUT2D eigenvalue weighted by molar-refractivity contribution is 5.68. The van der Waals surface area contributed by atoms with E-state index in [4.69, 9.17) is 10.5 Å². The van der Waals surface area contributed by atoms with Crippen LogP contribution in [-0.2, 0) is 4.74 Å². The van der Waals surface area contributed by atoms with Crippen LogP contribution in [0, 0.1) is 0 Å². The minimum Gasteiger partial charge on any atom is -0.444 e. The Morgan fingerprint density at radius 1 is 1.57 bits per heavy atom. The SMILES string of the molecule is CC(CN)c1ccnn1C1CCN(C(=O)OC(C)(C)C)C1. The number of ether oxygens (including phenoxy) is 1. The average Bonchev–Trinajstić information content (AvgIpc) is 3.03. The second kappa shape index (κ2) is 6.05. The maximum Gasteiger partial charge on any atom is 0.410 e. The van der Waals surface area contributed by atoms with Crippen molar-refractivity contribution in [1.29, 1.82) is 0 Å². The quantitative estimate of drug-likeness (QED) is 0.926. The van der Waals surface area contributed by atoms with E-state index < -0.39 is 5.60 Å². The van der Waals surface area contributed by atoms with Gasteiger partial charge in [-0.1, -0.05) is 6.92 Å². The van der Waals surface area contributed by atoms with E-state index in [1.54, 1.807) is 11.1 Å². The normalized spacial score (nSPS) is 20.6. The lowest BCUT2D eigenvalue weighted by molar-refractivity contribution is 0.0288. The lowest BCUT2D eigenvalue weighted by atomic mass is 10.1. The molecule has 0 aliphatic carbocycles. The Labute approximate surface area is 126 Å². The lowest BCUT2D eigenvalue weighted by Gasteiger charge is -2.24. The van der Waals surface area contributed by atoms with Crippen LogP contribution >= 0.6 is 0 Å². The molecule has 0 radical (unpaired) electrons. The predicted octanol–water partition coefficient (Wildman–Crippen LogP) is 2.13. The van der Waals surface area contributed by atoms with E-state index >= 15 is 0 Å².